The fourth-order valence-corrected chi connectivity index (χ4v) is 2.31. The van der Waals surface area contributed by atoms with Gasteiger partial charge in [-0.25, -0.2) is 0 Å². The van der Waals surface area contributed by atoms with Crippen LogP contribution in [-0.4, -0.2) is 59.6 Å². The Morgan fingerprint density at radius 2 is 1.81 bits per heavy atom. The lowest BCUT2D eigenvalue weighted by atomic mass is 9.75. The maximum atomic E-state index is 11.9. The summed E-state index contributed by atoms with van der Waals surface area (Å²) in [5.74, 6) is -0.208. The number of likely N-dealkylation sites (N-methyl/N-ethyl adjacent to an activating group) is 2. The molecule has 0 saturated heterocycles. The van der Waals surface area contributed by atoms with Crippen molar-refractivity contribution in [3.8, 4) is 0 Å². The number of carbonyl (C=O) groups is 1. The van der Waals surface area contributed by atoms with Gasteiger partial charge in [0.1, 0.15) is 5.60 Å². The van der Waals surface area contributed by atoms with Crippen molar-refractivity contribution in [1.29, 1.82) is 0 Å². The van der Waals surface area contributed by atoms with Crippen molar-refractivity contribution >= 4 is 5.91 Å². The highest BCUT2D eigenvalue weighted by Gasteiger charge is 2.42. The van der Waals surface area contributed by atoms with Crippen molar-refractivity contribution in [3.05, 3.63) is 0 Å². The highest BCUT2D eigenvalue weighted by Crippen LogP contribution is 2.36. The standard InChI is InChI=1S/C12H24N2O2/c1-11(2,16)10(15)14(5)9-12(13(3)4)7-6-8-12/h16H,6-9H2,1-5H3. The monoisotopic (exact) mass is 228 g/mol. The summed E-state index contributed by atoms with van der Waals surface area (Å²) in [6.07, 6.45) is 3.48. The van der Waals surface area contributed by atoms with E-state index in [0.29, 0.717) is 6.54 Å². The average Bonchev–Trinajstić information content (AvgIpc) is 2.07. The molecule has 0 heterocycles. The van der Waals surface area contributed by atoms with Crippen LogP contribution in [0.2, 0.25) is 0 Å². The van der Waals surface area contributed by atoms with Gasteiger partial charge in [0, 0.05) is 19.1 Å². The normalized spacial score (nSPS) is 19.4. The average molecular weight is 228 g/mol. The summed E-state index contributed by atoms with van der Waals surface area (Å²) in [5, 5.41) is 9.68. The fourth-order valence-electron chi connectivity index (χ4n) is 2.31. The topological polar surface area (TPSA) is 43.8 Å². The third kappa shape index (κ3) is 2.55. The molecule has 0 aromatic rings. The molecule has 0 atom stereocenters. The van der Waals surface area contributed by atoms with Crippen LogP contribution in [0.3, 0.4) is 0 Å². The van der Waals surface area contributed by atoms with Crippen LogP contribution in [0.1, 0.15) is 33.1 Å². The minimum atomic E-state index is -1.27. The lowest BCUT2D eigenvalue weighted by Gasteiger charge is -2.49. The zero-order chi connectivity index (χ0) is 12.6. The lowest BCUT2D eigenvalue weighted by Crippen LogP contribution is -2.59. The molecule has 0 radical (unpaired) electrons. The van der Waals surface area contributed by atoms with Gasteiger partial charge in [-0.3, -0.25) is 4.79 Å². The van der Waals surface area contributed by atoms with Crippen molar-refractivity contribution in [3.63, 3.8) is 0 Å². The van der Waals surface area contributed by atoms with E-state index in [-0.39, 0.29) is 11.4 Å². The molecule has 0 unspecified atom stereocenters. The summed E-state index contributed by atoms with van der Waals surface area (Å²) in [6, 6.07) is 0. The van der Waals surface area contributed by atoms with Crippen molar-refractivity contribution in [2.24, 2.45) is 0 Å². The lowest BCUT2D eigenvalue weighted by molar-refractivity contribution is -0.149. The van der Waals surface area contributed by atoms with Gasteiger partial charge in [-0.05, 0) is 47.2 Å². The van der Waals surface area contributed by atoms with Crippen molar-refractivity contribution in [2.75, 3.05) is 27.7 Å². The Bertz CT molecular complexity index is 265. The molecule has 4 heteroatoms. The number of aliphatic hydroxyl groups is 1. The Kier molecular flexibility index (Phi) is 3.65. The zero-order valence-electron chi connectivity index (χ0n) is 11.1. The van der Waals surface area contributed by atoms with Crippen LogP contribution in [0.25, 0.3) is 0 Å². The molecular weight excluding hydrogens is 204 g/mol. The third-order valence-corrected chi connectivity index (χ3v) is 3.63. The Balaban J connectivity index is 2.63. The van der Waals surface area contributed by atoms with E-state index in [1.165, 1.54) is 20.3 Å². The predicted molar refractivity (Wildman–Crippen MR) is 64.2 cm³/mol. The number of hydrogen-bond donors (Lipinski definition) is 1. The van der Waals surface area contributed by atoms with Crippen LogP contribution in [0, 0.1) is 0 Å². The number of carbonyl (C=O) groups excluding carboxylic acids is 1. The highest BCUT2D eigenvalue weighted by molar-refractivity contribution is 5.83. The van der Waals surface area contributed by atoms with E-state index < -0.39 is 5.60 Å². The van der Waals surface area contributed by atoms with Gasteiger partial charge in [-0.1, -0.05) is 0 Å². The molecule has 0 aromatic carbocycles. The third-order valence-electron chi connectivity index (χ3n) is 3.63. The SMILES string of the molecule is CN(CC1(N(C)C)CCC1)C(=O)C(C)(C)O. The smallest absolute Gasteiger partial charge is 0.253 e. The zero-order valence-corrected chi connectivity index (χ0v) is 11.1. The Labute approximate surface area is 98.2 Å². The minimum absolute atomic E-state index is 0.121. The number of hydrogen-bond acceptors (Lipinski definition) is 3. The van der Waals surface area contributed by atoms with Crippen LogP contribution < -0.4 is 0 Å². The van der Waals surface area contributed by atoms with Crippen molar-refractivity contribution in [2.45, 2.75) is 44.2 Å². The molecule has 0 aromatic heterocycles. The van der Waals surface area contributed by atoms with Crippen LogP contribution in [0.4, 0.5) is 0 Å². The molecule has 0 aliphatic heterocycles. The molecule has 0 spiro atoms. The van der Waals surface area contributed by atoms with Gasteiger partial charge in [0.25, 0.3) is 5.91 Å². The summed E-state index contributed by atoms with van der Waals surface area (Å²) >= 11 is 0. The second-order valence-electron chi connectivity index (χ2n) is 5.69. The van der Waals surface area contributed by atoms with Crippen LogP contribution in [0.5, 0.6) is 0 Å². The minimum Gasteiger partial charge on any atom is -0.381 e. The number of nitrogens with zero attached hydrogens (tertiary/aromatic N) is 2. The van der Waals surface area contributed by atoms with Gasteiger partial charge in [-0.15, -0.1) is 0 Å². The van der Waals surface area contributed by atoms with Gasteiger partial charge >= 0.3 is 0 Å². The quantitative estimate of drug-likeness (QED) is 0.770. The van der Waals surface area contributed by atoms with Crippen molar-refractivity contribution in [1.82, 2.24) is 9.80 Å². The van der Waals surface area contributed by atoms with Gasteiger partial charge in [0.2, 0.25) is 0 Å². The number of rotatable bonds is 4. The molecule has 4 nitrogen and oxygen atoms in total. The van der Waals surface area contributed by atoms with Crippen LogP contribution in [-0.2, 0) is 4.79 Å². The highest BCUT2D eigenvalue weighted by atomic mass is 16.3. The van der Waals surface area contributed by atoms with Crippen molar-refractivity contribution < 1.29 is 9.90 Å². The first-order chi connectivity index (χ1) is 7.19. The number of amides is 1. The molecule has 94 valence electrons. The maximum Gasteiger partial charge on any atom is 0.253 e. The fraction of sp³-hybridized carbons (Fsp3) is 0.917. The van der Waals surface area contributed by atoms with Gasteiger partial charge in [-0.2, -0.15) is 0 Å². The van der Waals surface area contributed by atoms with E-state index in [0.717, 1.165) is 12.8 Å². The summed E-state index contributed by atoms with van der Waals surface area (Å²) in [5.41, 5.74) is -1.15. The van der Waals surface area contributed by atoms with Gasteiger partial charge in [0.05, 0.1) is 0 Å². The summed E-state index contributed by atoms with van der Waals surface area (Å²) in [4.78, 5) is 15.7. The largest absolute Gasteiger partial charge is 0.381 e. The first kappa shape index (κ1) is 13.5. The van der Waals surface area contributed by atoms with E-state index in [1.807, 2.05) is 0 Å². The molecule has 1 aliphatic rings. The Hall–Kier alpha value is -0.610. The molecular formula is C12H24N2O2. The summed E-state index contributed by atoms with van der Waals surface area (Å²) in [6.45, 7) is 3.77. The Morgan fingerprint density at radius 1 is 1.31 bits per heavy atom. The maximum absolute atomic E-state index is 11.9. The van der Waals surface area contributed by atoms with Gasteiger partial charge < -0.3 is 14.9 Å². The Morgan fingerprint density at radius 3 is 2.06 bits per heavy atom. The molecule has 0 bridgehead atoms. The second-order valence-corrected chi connectivity index (χ2v) is 5.69. The van der Waals surface area contributed by atoms with E-state index >= 15 is 0 Å². The molecule has 1 aliphatic carbocycles. The summed E-state index contributed by atoms with van der Waals surface area (Å²) in [7, 11) is 5.88. The first-order valence-electron chi connectivity index (χ1n) is 5.84. The van der Waals surface area contributed by atoms with Gasteiger partial charge in [0.15, 0.2) is 0 Å². The van der Waals surface area contributed by atoms with E-state index in [4.69, 9.17) is 0 Å². The molecule has 1 rings (SSSR count). The molecule has 1 fully saturated rings. The predicted octanol–water partition coefficient (Wildman–Crippen LogP) is 0.700. The first-order valence-corrected chi connectivity index (χ1v) is 5.84. The van der Waals surface area contributed by atoms with Crippen LogP contribution >= 0.6 is 0 Å². The molecule has 1 N–H and O–H groups in total. The van der Waals surface area contributed by atoms with Crippen LogP contribution in [0.15, 0.2) is 0 Å². The van der Waals surface area contributed by atoms with E-state index in [1.54, 1.807) is 11.9 Å². The van der Waals surface area contributed by atoms with E-state index in [9.17, 15) is 9.90 Å². The molecule has 1 amide bonds. The molecule has 16 heavy (non-hydrogen) atoms. The molecule has 1 saturated carbocycles. The van der Waals surface area contributed by atoms with E-state index in [2.05, 4.69) is 19.0 Å². The summed E-state index contributed by atoms with van der Waals surface area (Å²) < 4.78 is 0. The second kappa shape index (κ2) is 4.34.